The first-order valence-electron chi connectivity index (χ1n) is 13.1. The molecule has 1 aliphatic heterocycles. The number of fused-ring (bicyclic) bond motifs is 5. The van der Waals surface area contributed by atoms with E-state index in [2.05, 4.69) is 19.8 Å². The number of nitrogens with zero attached hydrogens (tertiary/aromatic N) is 2. The Morgan fingerprint density at radius 3 is 2.30 bits per heavy atom. The fraction of sp³-hybridized carbons (Fsp3) is 0.273. The van der Waals surface area contributed by atoms with E-state index in [1.807, 2.05) is 66.7 Å². The number of rotatable bonds is 7. The molecule has 1 aromatic heterocycles. The summed E-state index contributed by atoms with van der Waals surface area (Å²) >= 11 is 0. The molecule has 7 heteroatoms. The lowest BCUT2D eigenvalue weighted by Crippen LogP contribution is -2.47. The summed E-state index contributed by atoms with van der Waals surface area (Å²) in [5.74, 6) is 6.07. The average molecular weight is 535 g/mol. The fourth-order valence-electron chi connectivity index (χ4n) is 6.49. The van der Waals surface area contributed by atoms with Crippen molar-refractivity contribution in [2.45, 2.75) is 30.8 Å². The lowest BCUT2D eigenvalue weighted by Gasteiger charge is -2.40. The Morgan fingerprint density at radius 2 is 1.65 bits per heavy atom. The molecule has 0 radical (unpaired) electrons. The molecule has 3 aromatic carbocycles. The van der Waals surface area contributed by atoms with Gasteiger partial charge >= 0.3 is 0 Å². The number of benzene rings is 3. The van der Waals surface area contributed by atoms with E-state index < -0.39 is 11.0 Å². The van der Waals surface area contributed by atoms with Crippen molar-refractivity contribution in [1.82, 2.24) is 9.97 Å². The summed E-state index contributed by atoms with van der Waals surface area (Å²) in [5, 5.41) is 0. The van der Waals surface area contributed by atoms with Crippen molar-refractivity contribution >= 4 is 0 Å². The van der Waals surface area contributed by atoms with Gasteiger partial charge in [0.15, 0.2) is 18.0 Å². The first-order valence-corrected chi connectivity index (χ1v) is 13.1. The highest BCUT2D eigenvalue weighted by molar-refractivity contribution is 5.71. The SMILES string of the molecule is C#CCOc1nc(-c2ccccc2)nc2c1[C@@H](C)[C@]1(c3ccc(OC)cc3)Oc3cc(OC)cc(OC)c3C21C. The molecule has 202 valence electrons. The van der Waals surface area contributed by atoms with Crippen LogP contribution in [0.4, 0.5) is 0 Å². The lowest BCUT2D eigenvalue weighted by molar-refractivity contribution is 0.0274. The van der Waals surface area contributed by atoms with Gasteiger partial charge in [-0.2, -0.15) is 4.98 Å². The zero-order chi connectivity index (χ0) is 28.1. The Hall–Kier alpha value is -4.70. The quantitative estimate of drug-likeness (QED) is 0.274. The van der Waals surface area contributed by atoms with Gasteiger partial charge in [0.1, 0.15) is 23.0 Å². The van der Waals surface area contributed by atoms with Crippen LogP contribution in [0.15, 0.2) is 66.7 Å². The average Bonchev–Trinajstić information content (AvgIpc) is 3.38. The van der Waals surface area contributed by atoms with Crippen molar-refractivity contribution in [3.8, 4) is 52.6 Å². The van der Waals surface area contributed by atoms with E-state index in [0.717, 1.165) is 33.7 Å². The summed E-state index contributed by atoms with van der Waals surface area (Å²) in [6, 6.07) is 21.6. The van der Waals surface area contributed by atoms with Crippen molar-refractivity contribution in [2.24, 2.45) is 0 Å². The molecule has 0 amide bonds. The molecule has 0 N–H and O–H groups in total. The monoisotopic (exact) mass is 534 g/mol. The van der Waals surface area contributed by atoms with E-state index in [0.29, 0.717) is 29.0 Å². The van der Waals surface area contributed by atoms with Gasteiger partial charge in [-0.25, -0.2) is 4.98 Å². The van der Waals surface area contributed by atoms with Gasteiger partial charge < -0.3 is 23.7 Å². The van der Waals surface area contributed by atoms with Crippen LogP contribution < -0.4 is 23.7 Å². The Labute approximate surface area is 234 Å². The molecule has 0 saturated heterocycles. The van der Waals surface area contributed by atoms with Crippen molar-refractivity contribution in [2.75, 3.05) is 27.9 Å². The second-order valence-corrected chi connectivity index (χ2v) is 10.1. The zero-order valence-electron chi connectivity index (χ0n) is 23.1. The molecule has 1 unspecified atom stereocenters. The van der Waals surface area contributed by atoms with Gasteiger partial charge in [0.25, 0.3) is 0 Å². The molecular weight excluding hydrogens is 504 g/mol. The molecule has 2 heterocycles. The zero-order valence-corrected chi connectivity index (χ0v) is 23.1. The summed E-state index contributed by atoms with van der Waals surface area (Å²) in [5.41, 5.74) is 2.66. The normalized spacial score (nSPS) is 21.9. The Kier molecular flexibility index (Phi) is 6.07. The maximum atomic E-state index is 7.10. The van der Waals surface area contributed by atoms with Crippen LogP contribution in [-0.2, 0) is 11.0 Å². The Morgan fingerprint density at radius 1 is 0.925 bits per heavy atom. The molecular formula is C33H30N2O5. The lowest BCUT2D eigenvalue weighted by atomic mass is 9.65. The first-order chi connectivity index (χ1) is 19.4. The molecule has 0 saturated carbocycles. The summed E-state index contributed by atoms with van der Waals surface area (Å²) in [6.07, 6.45) is 5.61. The standard InChI is InChI=1S/C33H30N2O5/c1-7-17-39-31-27-20(2)33(22-13-15-23(36-4)16-14-22)32(3,28-25(38-6)18-24(37-5)19-26(28)40-33)29(27)34-30(35-31)21-11-9-8-10-12-21/h1,8-16,18-20H,17H2,2-6H3/t20-,32?,33-/m1/s1. The number of ether oxygens (including phenoxy) is 5. The maximum Gasteiger partial charge on any atom is 0.221 e. The number of aromatic nitrogens is 2. The predicted octanol–water partition coefficient (Wildman–Crippen LogP) is 5.89. The van der Waals surface area contributed by atoms with Crippen LogP contribution in [0.5, 0.6) is 28.9 Å². The minimum atomic E-state index is -0.915. The highest BCUT2D eigenvalue weighted by Crippen LogP contribution is 2.70. The van der Waals surface area contributed by atoms with Crippen LogP contribution in [0, 0.1) is 12.3 Å². The topological polar surface area (TPSA) is 71.9 Å². The predicted molar refractivity (Wildman–Crippen MR) is 152 cm³/mol. The largest absolute Gasteiger partial charge is 0.497 e. The number of hydrogen-bond acceptors (Lipinski definition) is 7. The number of terminal acetylenes is 1. The molecule has 40 heavy (non-hydrogen) atoms. The van der Waals surface area contributed by atoms with E-state index in [4.69, 9.17) is 40.1 Å². The smallest absolute Gasteiger partial charge is 0.221 e. The van der Waals surface area contributed by atoms with Crippen LogP contribution in [-0.4, -0.2) is 37.9 Å². The third kappa shape index (κ3) is 3.39. The van der Waals surface area contributed by atoms with Crippen LogP contribution in [0.1, 0.15) is 42.1 Å². The van der Waals surface area contributed by atoms with E-state index >= 15 is 0 Å². The summed E-state index contributed by atoms with van der Waals surface area (Å²) in [4.78, 5) is 10.1. The summed E-state index contributed by atoms with van der Waals surface area (Å²) in [7, 11) is 4.94. The third-order valence-electron chi connectivity index (χ3n) is 8.28. The molecule has 2 aliphatic rings. The van der Waals surface area contributed by atoms with Crippen LogP contribution in [0.25, 0.3) is 11.4 Å². The Balaban J connectivity index is 1.71. The molecule has 7 nitrogen and oxygen atoms in total. The van der Waals surface area contributed by atoms with Gasteiger partial charge in [0.2, 0.25) is 5.88 Å². The highest BCUT2D eigenvalue weighted by atomic mass is 16.5. The first kappa shape index (κ1) is 25.6. The van der Waals surface area contributed by atoms with Gasteiger partial charge in [0, 0.05) is 29.2 Å². The molecule has 0 bridgehead atoms. The molecule has 1 aliphatic carbocycles. The maximum absolute atomic E-state index is 7.10. The van der Waals surface area contributed by atoms with Gasteiger partial charge in [-0.3, -0.25) is 0 Å². The second kappa shape index (κ2) is 9.49. The van der Waals surface area contributed by atoms with Crippen molar-refractivity contribution in [3.63, 3.8) is 0 Å². The Bertz CT molecular complexity index is 1630. The van der Waals surface area contributed by atoms with Crippen LogP contribution in [0.2, 0.25) is 0 Å². The molecule has 3 atom stereocenters. The van der Waals surface area contributed by atoms with Crippen LogP contribution in [0.3, 0.4) is 0 Å². The number of hydrogen-bond donors (Lipinski definition) is 0. The van der Waals surface area contributed by atoms with Crippen LogP contribution >= 0.6 is 0 Å². The molecule has 4 aromatic rings. The van der Waals surface area contributed by atoms with Gasteiger partial charge in [-0.1, -0.05) is 55.3 Å². The van der Waals surface area contributed by atoms with E-state index in [1.54, 1.807) is 21.3 Å². The number of methoxy groups -OCH3 is 3. The van der Waals surface area contributed by atoms with Gasteiger partial charge in [-0.15, -0.1) is 6.42 Å². The summed E-state index contributed by atoms with van der Waals surface area (Å²) < 4.78 is 30.3. The van der Waals surface area contributed by atoms with E-state index in [-0.39, 0.29) is 12.5 Å². The van der Waals surface area contributed by atoms with Gasteiger partial charge in [-0.05, 0) is 24.6 Å². The molecule has 6 rings (SSSR count). The molecule has 0 spiro atoms. The van der Waals surface area contributed by atoms with Crippen molar-refractivity contribution in [1.29, 1.82) is 0 Å². The minimum Gasteiger partial charge on any atom is -0.497 e. The van der Waals surface area contributed by atoms with E-state index in [9.17, 15) is 0 Å². The highest BCUT2D eigenvalue weighted by Gasteiger charge is 2.70. The van der Waals surface area contributed by atoms with Crippen molar-refractivity contribution in [3.05, 3.63) is 89.1 Å². The summed E-state index contributed by atoms with van der Waals surface area (Å²) in [6.45, 7) is 4.36. The van der Waals surface area contributed by atoms with Crippen molar-refractivity contribution < 1.29 is 23.7 Å². The minimum absolute atomic E-state index is 0.0780. The van der Waals surface area contributed by atoms with Gasteiger partial charge in [0.05, 0.1) is 38.0 Å². The molecule has 0 fully saturated rings. The van der Waals surface area contributed by atoms with E-state index in [1.165, 1.54) is 0 Å². The third-order valence-corrected chi connectivity index (χ3v) is 8.28. The fourth-order valence-corrected chi connectivity index (χ4v) is 6.49. The second-order valence-electron chi connectivity index (χ2n) is 10.1.